The molecule has 0 bridgehead atoms. The van der Waals surface area contributed by atoms with E-state index in [-0.39, 0.29) is 16.8 Å². The van der Waals surface area contributed by atoms with Gasteiger partial charge < -0.3 is 0 Å². The topological polar surface area (TPSA) is 54.9 Å². The Bertz CT molecular complexity index is 658. The average Bonchev–Trinajstić information content (AvgIpc) is 2.81. The quantitative estimate of drug-likeness (QED) is 0.880. The van der Waals surface area contributed by atoms with Crippen LogP contribution in [0.5, 0.6) is 0 Å². The number of nitrogens with zero attached hydrogens (tertiary/aromatic N) is 1. The molecule has 18 heavy (non-hydrogen) atoms. The van der Waals surface area contributed by atoms with Crippen LogP contribution in [0.4, 0.5) is 0 Å². The molecule has 0 spiro atoms. The lowest BCUT2D eigenvalue weighted by atomic mass is 10.1. The van der Waals surface area contributed by atoms with Crippen molar-refractivity contribution in [1.82, 2.24) is 9.55 Å². The Morgan fingerprint density at radius 2 is 2.22 bits per heavy atom. The zero-order valence-electron chi connectivity index (χ0n) is 10.1. The summed E-state index contributed by atoms with van der Waals surface area (Å²) in [5.74, 6) is 0. The van der Waals surface area contributed by atoms with E-state index in [1.54, 1.807) is 0 Å². The SMILES string of the molecule is CCc1c(Cl)[nH]c(=O)n(C(C)c2ccsc2)c1=O. The molecule has 2 aromatic rings. The molecule has 2 heterocycles. The maximum Gasteiger partial charge on any atom is 0.330 e. The maximum atomic E-state index is 12.2. The van der Waals surface area contributed by atoms with Crippen molar-refractivity contribution >= 4 is 22.9 Å². The van der Waals surface area contributed by atoms with Gasteiger partial charge in [0.2, 0.25) is 0 Å². The summed E-state index contributed by atoms with van der Waals surface area (Å²) in [4.78, 5) is 26.7. The first-order valence-corrected chi connectivity index (χ1v) is 6.93. The molecule has 0 fully saturated rings. The van der Waals surface area contributed by atoms with Crippen LogP contribution in [0.3, 0.4) is 0 Å². The fourth-order valence-electron chi connectivity index (χ4n) is 1.88. The van der Waals surface area contributed by atoms with E-state index in [0.29, 0.717) is 12.0 Å². The van der Waals surface area contributed by atoms with Crippen molar-refractivity contribution in [3.05, 3.63) is 53.9 Å². The van der Waals surface area contributed by atoms with Gasteiger partial charge in [0.15, 0.2) is 0 Å². The number of hydrogen-bond acceptors (Lipinski definition) is 3. The molecule has 0 radical (unpaired) electrons. The number of aromatic nitrogens is 2. The van der Waals surface area contributed by atoms with Gasteiger partial charge in [0.1, 0.15) is 5.15 Å². The van der Waals surface area contributed by atoms with E-state index in [1.807, 2.05) is 30.7 Å². The molecule has 0 aliphatic carbocycles. The number of thiophene rings is 1. The van der Waals surface area contributed by atoms with Crippen LogP contribution in [0.2, 0.25) is 5.15 Å². The molecule has 0 aliphatic heterocycles. The summed E-state index contributed by atoms with van der Waals surface area (Å²) in [7, 11) is 0. The van der Waals surface area contributed by atoms with Crippen molar-refractivity contribution in [3.8, 4) is 0 Å². The Morgan fingerprint density at radius 1 is 1.50 bits per heavy atom. The second-order valence-corrected chi connectivity index (χ2v) is 5.14. The van der Waals surface area contributed by atoms with Gasteiger partial charge in [-0.2, -0.15) is 11.3 Å². The first-order chi connectivity index (χ1) is 8.56. The van der Waals surface area contributed by atoms with Gasteiger partial charge in [-0.1, -0.05) is 18.5 Å². The molecule has 0 saturated carbocycles. The first kappa shape index (κ1) is 13.1. The minimum Gasteiger partial charge on any atom is -0.297 e. The van der Waals surface area contributed by atoms with E-state index in [4.69, 9.17) is 11.6 Å². The summed E-state index contributed by atoms with van der Waals surface area (Å²) in [6, 6.07) is 1.61. The Balaban J connectivity index is 2.65. The molecule has 96 valence electrons. The molecule has 0 aliphatic rings. The van der Waals surface area contributed by atoms with Crippen LogP contribution in [0.15, 0.2) is 26.4 Å². The zero-order chi connectivity index (χ0) is 13.3. The Labute approximate surface area is 113 Å². The van der Waals surface area contributed by atoms with Gasteiger partial charge in [0, 0.05) is 0 Å². The molecule has 2 rings (SSSR count). The third-order valence-electron chi connectivity index (χ3n) is 2.94. The third-order valence-corrected chi connectivity index (χ3v) is 3.97. The van der Waals surface area contributed by atoms with Crippen LogP contribution >= 0.6 is 22.9 Å². The highest BCUT2D eigenvalue weighted by Gasteiger charge is 2.17. The van der Waals surface area contributed by atoms with Crippen LogP contribution < -0.4 is 11.2 Å². The molecule has 1 unspecified atom stereocenters. The predicted molar refractivity (Wildman–Crippen MR) is 73.8 cm³/mol. The Hall–Kier alpha value is -1.33. The molecule has 6 heteroatoms. The van der Waals surface area contributed by atoms with Crippen molar-refractivity contribution in [3.63, 3.8) is 0 Å². The second kappa shape index (κ2) is 5.12. The summed E-state index contributed by atoms with van der Waals surface area (Å²) in [6.45, 7) is 3.66. The molecule has 4 nitrogen and oxygen atoms in total. The number of rotatable bonds is 3. The first-order valence-electron chi connectivity index (χ1n) is 5.61. The minimum atomic E-state index is -0.471. The predicted octanol–water partition coefficient (Wildman–Crippen LogP) is 2.42. The van der Waals surface area contributed by atoms with Crippen LogP contribution in [0.25, 0.3) is 0 Å². The summed E-state index contributed by atoms with van der Waals surface area (Å²) >= 11 is 7.40. The van der Waals surface area contributed by atoms with E-state index >= 15 is 0 Å². The van der Waals surface area contributed by atoms with Gasteiger partial charge in [-0.3, -0.25) is 14.3 Å². The largest absolute Gasteiger partial charge is 0.330 e. The van der Waals surface area contributed by atoms with Gasteiger partial charge in [0.25, 0.3) is 5.56 Å². The van der Waals surface area contributed by atoms with Crippen LogP contribution in [0.1, 0.15) is 31.0 Å². The third kappa shape index (κ3) is 2.15. The van der Waals surface area contributed by atoms with Crippen molar-refractivity contribution in [1.29, 1.82) is 0 Å². The van der Waals surface area contributed by atoms with Crippen LogP contribution in [-0.4, -0.2) is 9.55 Å². The standard InChI is InChI=1S/C12H13ClN2O2S/c1-3-9-10(13)14-12(17)15(11(9)16)7(2)8-4-5-18-6-8/h4-7H,3H2,1-2H3,(H,14,17). The molecule has 2 aromatic heterocycles. The highest BCUT2D eigenvalue weighted by Crippen LogP contribution is 2.18. The lowest BCUT2D eigenvalue weighted by molar-refractivity contribution is 0.573. The molecule has 1 atom stereocenters. The molecule has 0 aromatic carbocycles. The van der Waals surface area contributed by atoms with E-state index in [2.05, 4.69) is 4.98 Å². The summed E-state index contributed by atoms with van der Waals surface area (Å²) in [6.07, 6.45) is 0.491. The van der Waals surface area contributed by atoms with E-state index in [9.17, 15) is 9.59 Å². The molecular formula is C12H13ClN2O2S. The number of halogens is 1. The molecule has 1 N–H and O–H groups in total. The average molecular weight is 285 g/mol. The minimum absolute atomic E-state index is 0.140. The van der Waals surface area contributed by atoms with Crippen molar-refractivity contribution in [2.75, 3.05) is 0 Å². The highest BCUT2D eigenvalue weighted by molar-refractivity contribution is 7.07. The number of nitrogens with one attached hydrogen (secondary N) is 1. The molecule has 0 saturated heterocycles. The number of aromatic amines is 1. The maximum absolute atomic E-state index is 12.2. The van der Waals surface area contributed by atoms with E-state index < -0.39 is 5.69 Å². The fourth-order valence-corrected chi connectivity index (χ4v) is 2.92. The zero-order valence-corrected chi connectivity index (χ0v) is 11.6. The lowest BCUT2D eigenvalue weighted by Gasteiger charge is -2.14. The fraction of sp³-hybridized carbons (Fsp3) is 0.333. The van der Waals surface area contributed by atoms with Crippen molar-refractivity contribution in [2.45, 2.75) is 26.3 Å². The van der Waals surface area contributed by atoms with Crippen molar-refractivity contribution < 1.29 is 0 Å². The molecule has 0 amide bonds. The van der Waals surface area contributed by atoms with Gasteiger partial charge in [0.05, 0.1) is 11.6 Å². The van der Waals surface area contributed by atoms with Crippen LogP contribution in [0, 0.1) is 0 Å². The normalized spacial score (nSPS) is 12.6. The smallest absolute Gasteiger partial charge is 0.297 e. The summed E-state index contributed by atoms with van der Waals surface area (Å²) < 4.78 is 1.22. The Kier molecular flexibility index (Phi) is 3.73. The summed E-state index contributed by atoms with van der Waals surface area (Å²) in [5, 5.41) is 3.99. The monoisotopic (exact) mass is 284 g/mol. The van der Waals surface area contributed by atoms with Crippen molar-refractivity contribution in [2.24, 2.45) is 0 Å². The number of H-pyrrole nitrogens is 1. The van der Waals surface area contributed by atoms with E-state index in [1.165, 1.54) is 15.9 Å². The van der Waals surface area contributed by atoms with Crippen LogP contribution in [-0.2, 0) is 6.42 Å². The van der Waals surface area contributed by atoms with Gasteiger partial charge in [-0.25, -0.2) is 4.79 Å². The summed E-state index contributed by atoms with van der Waals surface area (Å²) in [5.41, 5.74) is 0.598. The Morgan fingerprint density at radius 3 is 2.78 bits per heavy atom. The van der Waals surface area contributed by atoms with Gasteiger partial charge >= 0.3 is 5.69 Å². The highest BCUT2D eigenvalue weighted by atomic mass is 35.5. The van der Waals surface area contributed by atoms with Gasteiger partial charge in [-0.15, -0.1) is 0 Å². The van der Waals surface area contributed by atoms with E-state index in [0.717, 1.165) is 5.56 Å². The molecular weight excluding hydrogens is 272 g/mol. The second-order valence-electron chi connectivity index (χ2n) is 3.98. The number of hydrogen-bond donors (Lipinski definition) is 1. The van der Waals surface area contributed by atoms with Gasteiger partial charge in [-0.05, 0) is 35.7 Å². The lowest BCUT2D eigenvalue weighted by Crippen LogP contribution is -2.39.